The molecular formula is C20H24N4O. The van der Waals surface area contributed by atoms with Crippen molar-refractivity contribution in [2.45, 2.75) is 37.3 Å². The lowest BCUT2D eigenvalue weighted by Crippen LogP contribution is -2.47. The molecule has 1 saturated carbocycles. The molecule has 5 heteroatoms. The van der Waals surface area contributed by atoms with E-state index < -0.39 is 0 Å². The molecule has 2 aromatic rings. The molecule has 1 saturated heterocycles. The molecule has 1 aliphatic carbocycles. The summed E-state index contributed by atoms with van der Waals surface area (Å²) in [6.45, 7) is 0.930. The first-order valence-electron chi connectivity index (χ1n) is 8.95. The summed E-state index contributed by atoms with van der Waals surface area (Å²) < 4.78 is 0. The number of rotatable bonds is 3. The van der Waals surface area contributed by atoms with Gasteiger partial charge in [-0.3, -0.25) is 9.88 Å². The number of amides is 2. The molecule has 1 aliphatic heterocycles. The molecule has 5 nitrogen and oxygen atoms in total. The number of benzene rings is 1. The van der Waals surface area contributed by atoms with Gasteiger partial charge in [0.2, 0.25) is 0 Å². The third-order valence-electron chi connectivity index (χ3n) is 5.64. The Morgan fingerprint density at radius 1 is 1.24 bits per heavy atom. The first-order chi connectivity index (χ1) is 12.1. The van der Waals surface area contributed by atoms with Gasteiger partial charge >= 0.3 is 6.03 Å². The molecule has 2 fully saturated rings. The summed E-state index contributed by atoms with van der Waals surface area (Å²) in [7, 11) is 2.17. The quantitative estimate of drug-likeness (QED) is 0.902. The summed E-state index contributed by atoms with van der Waals surface area (Å²) in [6.07, 6.45) is 6.61. The maximum atomic E-state index is 12.4. The van der Waals surface area contributed by atoms with Gasteiger partial charge in [-0.25, -0.2) is 4.79 Å². The van der Waals surface area contributed by atoms with Gasteiger partial charge < -0.3 is 10.6 Å². The predicted molar refractivity (Wildman–Crippen MR) is 99.4 cm³/mol. The molecule has 4 rings (SSSR count). The SMILES string of the molecule is CN1CC(NC(=O)Nc2ccnc(-c3ccccc3)c2)CC12CCC2. The van der Waals surface area contributed by atoms with E-state index in [-0.39, 0.29) is 12.1 Å². The number of likely N-dealkylation sites (tertiary alicyclic amines) is 1. The highest BCUT2D eigenvalue weighted by Crippen LogP contribution is 2.44. The van der Waals surface area contributed by atoms with Gasteiger partial charge in [-0.15, -0.1) is 0 Å². The minimum absolute atomic E-state index is 0.139. The highest BCUT2D eigenvalue weighted by molar-refractivity contribution is 5.90. The van der Waals surface area contributed by atoms with Crippen molar-refractivity contribution in [1.82, 2.24) is 15.2 Å². The maximum Gasteiger partial charge on any atom is 0.319 e. The molecule has 130 valence electrons. The van der Waals surface area contributed by atoms with Gasteiger partial charge in [-0.1, -0.05) is 30.3 Å². The normalized spacial score (nSPS) is 21.7. The lowest BCUT2D eigenvalue weighted by molar-refractivity contribution is 0.0801. The van der Waals surface area contributed by atoms with Crippen molar-refractivity contribution in [1.29, 1.82) is 0 Å². The van der Waals surface area contributed by atoms with Gasteiger partial charge in [0.25, 0.3) is 0 Å². The topological polar surface area (TPSA) is 57.3 Å². The van der Waals surface area contributed by atoms with E-state index in [1.165, 1.54) is 19.3 Å². The molecule has 1 unspecified atom stereocenters. The van der Waals surface area contributed by atoms with Crippen LogP contribution in [0.15, 0.2) is 48.7 Å². The predicted octanol–water partition coefficient (Wildman–Crippen LogP) is 3.50. The summed E-state index contributed by atoms with van der Waals surface area (Å²) in [6, 6.07) is 13.8. The number of urea groups is 1. The van der Waals surface area contributed by atoms with E-state index in [2.05, 4.69) is 27.6 Å². The Bertz CT molecular complexity index is 757. The van der Waals surface area contributed by atoms with Gasteiger partial charge in [-0.2, -0.15) is 0 Å². The zero-order chi connectivity index (χ0) is 17.3. The Kier molecular flexibility index (Phi) is 4.17. The Labute approximate surface area is 148 Å². The fourth-order valence-corrected chi connectivity index (χ4v) is 4.10. The number of hydrogen-bond acceptors (Lipinski definition) is 3. The van der Waals surface area contributed by atoms with Crippen LogP contribution in [0.5, 0.6) is 0 Å². The summed E-state index contributed by atoms with van der Waals surface area (Å²) in [4.78, 5) is 19.2. The average molecular weight is 336 g/mol. The number of carbonyl (C=O) groups excluding carboxylic acids is 1. The number of nitrogens with zero attached hydrogens (tertiary/aromatic N) is 2. The molecule has 2 heterocycles. The van der Waals surface area contributed by atoms with Crippen LogP contribution in [0.25, 0.3) is 11.3 Å². The molecule has 25 heavy (non-hydrogen) atoms. The third kappa shape index (κ3) is 3.24. The first-order valence-corrected chi connectivity index (χ1v) is 8.95. The van der Waals surface area contributed by atoms with Crippen LogP contribution in [0.3, 0.4) is 0 Å². The van der Waals surface area contributed by atoms with Crippen LogP contribution >= 0.6 is 0 Å². The molecule has 1 spiro atoms. The van der Waals surface area contributed by atoms with E-state index in [4.69, 9.17) is 0 Å². The smallest absolute Gasteiger partial charge is 0.319 e. The second-order valence-corrected chi connectivity index (χ2v) is 7.25. The van der Waals surface area contributed by atoms with Crippen molar-refractivity contribution in [3.05, 3.63) is 48.7 Å². The van der Waals surface area contributed by atoms with E-state index >= 15 is 0 Å². The van der Waals surface area contributed by atoms with Crippen molar-refractivity contribution < 1.29 is 4.79 Å². The lowest BCUT2D eigenvalue weighted by atomic mass is 9.74. The van der Waals surface area contributed by atoms with Crippen molar-refractivity contribution in [3.8, 4) is 11.3 Å². The Morgan fingerprint density at radius 2 is 2.04 bits per heavy atom. The zero-order valence-electron chi connectivity index (χ0n) is 14.5. The molecule has 1 aromatic carbocycles. The monoisotopic (exact) mass is 336 g/mol. The third-order valence-corrected chi connectivity index (χ3v) is 5.64. The van der Waals surface area contributed by atoms with Gasteiger partial charge in [0.15, 0.2) is 0 Å². The number of hydrogen-bond donors (Lipinski definition) is 2. The Morgan fingerprint density at radius 3 is 2.72 bits per heavy atom. The molecule has 0 bridgehead atoms. The van der Waals surface area contributed by atoms with Crippen molar-refractivity contribution in [2.24, 2.45) is 0 Å². The highest BCUT2D eigenvalue weighted by atomic mass is 16.2. The number of pyridine rings is 1. The van der Waals surface area contributed by atoms with Crippen LogP contribution in [-0.4, -0.2) is 41.1 Å². The van der Waals surface area contributed by atoms with Gasteiger partial charge in [0.05, 0.1) is 5.69 Å². The van der Waals surface area contributed by atoms with Crippen LogP contribution in [0, 0.1) is 0 Å². The highest BCUT2D eigenvalue weighted by Gasteiger charge is 2.47. The van der Waals surface area contributed by atoms with Crippen molar-refractivity contribution in [3.63, 3.8) is 0 Å². The van der Waals surface area contributed by atoms with Gasteiger partial charge in [-0.05, 0) is 44.9 Å². The Balaban J connectivity index is 1.38. The van der Waals surface area contributed by atoms with Crippen molar-refractivity contribution in [2.75, 3.05) is 18.9 Å². The minimum Gasteiger partial charge on any atom is -0.334 e. The minimum atomic E-state index is -0.139. The lowest BCUT2D eigenvalue weighted by Gasteiger charge is -2.44. The second kappa shape index (κ2) is 6.48. The van der Waals surface area contributed by atoms with E-state index in [1.807, 2.05) is 42.5 Å². The van der Waals surface area contributed by atoms with E-state index in [9.17, 15) is 4.79 Å². The zero-order valence-corrected chi connectivity index (χ0v) is 14.5. The standard InChI is InChI=1S/C20H24N4O/c1-24-14-17(13-20(24)9-5-10-20)23-19(25)22-16-8-11-21-18(12-16)15-6-3-2-4-7-15/h2-4,6-8,11-12,17H,5,9-10,13-14H2,1H3,(H2,21,22,23,25). The van der Waals surface area contributed by atoms with Crippen LogP contribution in [0.1, 0.15) is 25.7 Å². The molecule has 2 amide bonds. The summed E-state index contributed by atoms with van der Waals surface area (Å²) in [5.74, 6) is 0. The largest absolute Gasteiger partial charge is 0.334 e. The summed E-state index contributed by atoms with van der Waals surface area (Å²) in [5.41, 5.74) is 2.99. The van der Waals surface area contributed by atoms with Gasteiger partial charge in [0.1, 0.15) is 0 Å². The first kappa shape index (κ1) is 16.1. The van der Waals surface area contributed by atoms with E-state index in [0.717, 1.165) is 29.9 Å². The van der Waals surface area contributed by atoms with Gasteiger partial charge in [0, 0.05) is 35.6 Å². The maximum absolute atomic E-state index is 12.4. The number of likely N-dealkylation sites (N-methyl/N-ethyl adjacent to an activating group) is 1. The summed E-state index contributed by atoms with van der Waals surface area (Å²) >= 11 is 0. The fraction of sp³-hybridized carbons (Fsp3) is 0.400. The van der Waals surface area contributed by atoms with E-state index in [1.54, 1.807) is 6.20 Å². The molecule has 2 aliphatic rings. The number of aromatic nitrogens is 1. The Hall–Kier alpha value is -2.40. The number of carbonyl (C=O) groups is 1. The van der Waals surface area contributed by atoms with Crippen LogP contribution in [-0.2, 0) is 0 Å². The van der Waals surface area contributed by atoms with Crippen molar-refractivity contribution >= 4 is 11.7 Å². The molecule has 1 aromatic heterocycles. The fourth-order valence-electron chi connectivity index (χ4n) is 4.10. The second-order valence-electron chi connectivity index (χ2n) is 7.25. The molecule has 0 radical (unpaired) electrons. The number of nitrogens with one attached hydrogen (secondary N) is 2. The molecule has 1 atom stereocenters. The molecular weight excluding hydrogens is 312 g/mol. The van der Waals surface area contributed by atoms with E-state index in [0.29, 0.717) is 5.54 Å². The average Bonchev–Trinajstić information content (AvgIpc) is 2.92. The summed E-state index contributed by atoms with van der Waals surface area (Å²) in [5, 5.41) is 6.08. The van der Waals surface area contributed by atoms with Crippen LogP contribution in [0.4, 0.5) is 10.5 Å². The molecule has 2 N–H and O–H groups in total. The number of anilines is 1. The van der Waals surface area contributed by atoms with Crippen LogP contribution in [0.2, 0.25) is 0 Å². The van der Waals surface area contributed by atoms with Crippen LogP contribution < -0.4 is 10.6 Å².